The smallest absolute Gasteiger partial charge is 0.275 e. The Bertz CT molecular complexity index is 1150. The highest BCUT2D eigenvalue weighted by atomic mass is 35.5. The molecule has 0 bridgehead atoms. The van der Waals surface area contributed by atoms with Gasteiger partial charge in [0.25, 0.3) is 15.7 Å². The van der Waals surface area contributed by atoms with Gasteiger partial charge in [-0.15, -0.1) is 0 Å². The average molecular weight is 446 g/mol. The molecule has 1 aliphatic heterocycles. The van der Waals surface area contributed by atoms with Crippen LogP contribution in [0.4, 0.5) is 17.1 Å². The number of halogens is 1. The second-order valence-electron chi connectivity index (χ2n) is 6.20. The molecule has 28 heavy (non-hydrogen) atoms. The van der Waals surface area contributed by atoms with E-state index in [4.69, 9.17) is 11.6 Å². The van der Waals surface area contributed by atoms with Gasteiger partial charge in [0.1, 0.15) is 0 Å². The third-order valence-electron chi connectivity index (χ3n) is 4.30. The lowest BCUT2D eigenvalue weighted by Crippen LogP contribution is -2.25. The van der Waals surface area contributed by atoms with Crippen molar-refractivity contribution in [2.75, 3.05) is 21.3 Å². The Kier molecular flexibility index (Phi) is 5.26. The number of hydrogen-bond acceptors (Lipinski definition) is 6. The third kappa shape index (κ3) is 3.91. The number of benzene rings is 2. The molecule has 0 saturated carbocycles. The molecule has 0 unspecified atom stereocenters. The van der Waals surface area contributed by atoms with Crippen molar-refractivity contribution in [3.8, 4) is 0 Å². The van der Waals surface area contributed by atoms with Gasteiger partial charge in [-0.25, -0.2) is 16.8 Å². The minimum atomic E-state index is -4.13. The highest BCUT2D eigenvalue weighted by Gasteiger charge is 2.28. The second-order valence-corrected chi connectivity index (χ2v) is 10.3. The zero-order valence-corrected chi connectivity index (χ0v) is 17.0. The summed E-state index contributed by atoms with van der Waals surface area (Å²) >= 11 is 5.93. The van der Waals surface area contributed by atoms with E-state index in [0.717, 1.165) is 12.1 Å². The van der Waals surface area contributed by atoms with Crippen LogP contribution in [0.1, 0.15) is 12.0 Å². The van der Waals surface area contributed by atoms with Crippen LogP contribution in [-0.2, 0) is 20.0 Å². The Morgan fingerprint density at radius 1 is 1.21 bits per heavy atom. The van der Waals surface area contributed by atoms with E-state index in [9.17, 15) is 26.9 Å². The Balaban J connectivity index is 1.88. The fourth-order valence-corrected chi connectivity index (χ4v) is 5.77. The molecule has 2 aromatic rings. The lowest BCUT2D eigenvalue weighted by atomic mass is 10.2. The standard InChI is InChI=1S/C16H16ClN3O6S2/c1-11-15(17)9-14(10-16(11)20(21)22)28(25,26)18-12-3-5-13(6-4-12)19-7-2-8-27(19,23)24/h3-6,9-10,18H,2,7-8H2,1H3. The van der Waals surface area contributed by atoms with Crippen molar-refractivity contribution in [2.45, 2.75) is 18.2 Å². The molecule has 9 nitrogen and oxygen atoms in total. The van der Waals surface area contributed by atoms with Crippen molar-refractivity contribution in [3.05, 3.63) is 57.1 Å². The van der Waals surface area contributed by atoms with Gasteiger partial charge in [0.05, 0.1) is 26.3 Å². The molecule has 1 saturated heterocycles. The average Bonchev–Trinajstić information content (AvgIpc) is 2.96. The maximum atomic E-state index is 12.6. The van der Waals surface area contributed by atoms with E-state index in [1.165, 1.54) is 35.5 Å². The van der Waals surface area contributed by atoms with Crippen LogP contribution in [0.15, 0.2) is 41.3 Å². The Labute approximate surface area is 167 Å². The highest BCUT2D eigenvalue weighted by Crippen LogP contribution is 2.31. The molecule has 2 aromatic carbocycles. The van der Waals surface area contributed by atoms with Crippen molar-refractivity contribution in [2.24, 2.45) is 0 Å². The van der Waals surface area contributed by atoms with Gasteiger partial charge in [-0.3, -0.25) is 19.1 Å². The quantitative estimate of drug-likeness (QED) is 0.556. The Morgan fingerprint density at radius 3 is 2.39 bits per heavy atom. The first kappa shape index (κ1) is 20.4. The molecule has 3 rings (SSSR count). The number of nitrogens with zero attached hydrogens (tertiary/aromatic N) is 2. The minimum absolute atomic E-state index is 0.0378. The van der Waals surface area contributed by atoms with E-state index in [1.807, 2.05) is 0 Å². The number of nitro groups is 1. The summed E-state index contributed by atoms with van der Waals surface area (Å²) in [7, 11) is -7.47. The summed E-state index contributed by atoms with van der Waals surface area (Å²) in [6.07, 6.45) is 0.531. The Morgan fingerprint density at radius 2 is 1.86 bits per heavy atom. The van der Waals surface area contributed by atoms with Gasteiger partial charge in [0.2, 0.25) is 10.0 Å². The topological polar surface area (TPSA) is 127 Å². The lowest BCUT2D eigenvalue weighted by molar-refractivity contribution is -0.385. The predicted molar refractivity (Wildman–Crippen MR) is 106 cm³/mol. The number of nitrogens with one attached hydrogen (secondary N) is 1. The fourth-order valence-electron chi connectivity index (χ4n) is 2.82. The summed E-state index contributed by atoms with van der Waals surface area (Å²) in [4.78, 5) is 10.1. The summed E-state index contributed by atoms with van der Waals surface area (Å²) in [5.74, 6) is 0.0777. The molecule has 1 aliphatic rings. The normalized spacial score (nSPS) is 16.1. The zero-order valence-electron chi connectivity index (χ0n) is 14.6. The molecular formula is C16H16ClN3O6S2. The molecule has 0 radical (unpaired) electrons. The van der Waals surface area contributed by atoms with Crippen LogP contribution in [0.3, 0.4) is 0 Å². The van der Waals surface area contributed by atoms with Crippen LogP contribution in [-0.4, -0.2) is 34.1 Å². The van der Waals surface area contributed by atoms with Crippen molar-refractivity contribution < 1.29 is 21.8 Å². The van der Waals surface area contributed by atoms with Crippen molar-refractivity contribution in [3.63, 3.8) is 0 Å². The first-order valence-corrected chi connectivity index (χ1v) is 11.6. The largest absolute Gasteiger partial charge is 0.280 e. The summed E-state index contributed by atoms with van der Waals surface area (Å²) in [5.41, 5.74) is 0.387. The number of nitro benzene ring substituents is 1. The van der Waals surface area contributed by atoms with Gasteiger partial charge in [-0.05, 0) is 43.7 Å². The molecule has 0 aromatic heterocycles. The number of anilines is 2. The molecule has 1 fully saturated rings. The van der Waals surface area contributed by atoms with E-state index in [2.05, 4.69) is 4.72 Å². The molecule has 0 aliphatic carbocycles. The summed E-state index contributed by atoms with van der Waals surface area (Å²) < 4.78 is 52.7. The van der Waals surface area contributed by atoms with E-state index in [1.54, 1.807) is 0 Å². The molecule has 0 atom stereocenters. The first-order chi connectivity index (χ1) is 13.0. The van der Waals surface area contributed by atoms with Crippen LogP contribution in [0, 0.1) is 17.0 Å². The second kappa shape index (κ2) is 7.22. The maximum absolute atomic E-state index is 12.6. The number of rotatable bonds is 5. The van der Waals surface area contributed by atoms with Crippen molar-refractivity contribution >= 4 is 48.7 Å². The number of sulfonamides is 2. The zero-order chi connectivity index (χ0) is 20.7. The van der Waals surface area contributed by atoms with Gasteiger partial charge in [0.15, 0.2) is 0 Å². The summed E-state index contributed by atoms with van der Waals surface area (Å²) in [6, 6.07) is 7.90. The van der Waals surface area contributed by atoms with Crippen LogP contribution in [0.5, 0.6) is 0 Å². The van der Waals surface area contributed by atoms with Crippen molar-refractivity contribution in [1.82, 2.24) is 0 Å². The molecule has 150 valence electrons. The van der Waals surface area contributed by atoms with Crippen LogP contribution < -0.4 is 9.03 Å². The summed E-state index contributed by atoms with van der Waals surface area (Å²) in [5, 5.41) is 11.1. The van der Waals surface area contributed by atoms with Gasteiger partial charge in [0, 0.05) is 23.9 Å². The van der Waals surface area contributed by atoms with Crippen LogP contribution in [0.2, 0.25) is 5.02 Å². The fraction of sp³-hybridized carbons (Fsp3) is 0.250. The number of hydrogen-bond donors (Lipinski definition) is 1. The first-order valence-electron chi connectivity index (χ1n) is 8.09. The molecule has 0 amide bonds. The van der Waals surface area contributed by atoms with Crippen LogP contribution in [0.25, 0.3) is 0 Å². The third-order valence-corrected chi connectivity index (χ3v) is 7.93. The molecule has 1 N–H and O–H groups in total. The van der Waals surface area contributed by atoms with Gasteiger partial charge in [-0.1, -0.05) is 11.6 Å². The molecule has 0 spiro atoms. The predicted octanol–water partition coefficient (Wildman–Crippen LogP) is 2.90. The SMILES string of the molecule is Cc1c(Cl)cc(S(=O)(=O)Nc2ccc(N3CCCS3(=O)=O)cc2)cc1[N+](=O)[O-]. The molecular weight excluding hydrogens is 430 g/mol. The Hall–Kier alpha value is -2.37. The van der Waals surface area contributed by atoms with E-state index in [0.29, 0.717) is 18.7 Å². The van der Waals surface area contributed by atoms with Crippen LogP contribution >= 0.6 is 11.6 Å². The molecule has 1 heterocycles. The monoisotopic (exact) mass is 445 g/mol. The maximum Gasteiger partial charge on any atom is 0.275 e. The highest BCUT2D eigenvalue weighted by molar-refractivity contribution is 7.93. The lowest BCUT2D eigenvalue weighted by Gasteiger charge is -2.17. The van der Waals surface area contributed by atoms with E-state index >= 15 is 0 Å². The van der Waals surface area contributed by atoms with Crippen molar-refractivity contribution in [1.29, 1.82) is 0 Å². The molecule has 12 heteroatoms. The van der Waals surface area contributed by atoms with Gasteiger partial charge in [-0.2, -0.15) is 0 Å². The van der Waals surface area contributed by atoms with E-state index < -0.39 is 30.7 Å². The summed E-state index contributed by atoms with van der Waals surface area (Å²) in [6.45, 7) is 1.80. The minimum Gasteiger partial charge on any atom is -0.280 e. The van der Waals surface area contributed by atoms with Gasteiger partial charge >= 0.3 is 0 Å². The van der Waals surface area contributed by atoms with E-state index in [-0.39, 0.29) is 26.9 Å². The van der Waals surface area contributed by atoms with Gasteiger partial charge < -0.3 is 0 Å².